The first-order valence-corrected chi connectivity index (χ1v) is 8.10. The molecule has 2 heterocycles. The minimum atomic E-state index is -4.59. The number of hydrogen-bond acceptors (Lipinski definition) is 3. The van der Waals surface area contributed by atoms with Gasteiger partial charge in [0.1, 0.15) is 0 Å². The van der Waals surface area contributed by atoms with Gasteiger partial charge in [0.2, 0.25) is 5.91 Å². The van der Waals surface area contributed by atoms with E-state index in [1.54, 1.807) is 17.0 Å². The number of halogens is 3. The third-order valence-corrected chi connectivity index (χ3v) is 5.05. The molecule has 1 aromatic rings. The Morgan fingerprint density at radius 2 is 1.84 bits per heavy atom. The molecule has 8 heteroatoms. The lowest BCUT2D eigenvalue weighted by atomic mass is 9.96. The summed E-state index contributed by atoms with van der Waals surface area (Å²) >= 11 is 0. The van der Waals surface area contributed by atoms with Gasteiger partial charge in [-0.1, -0.05) is 17.7 Å². The van der Waals surface area contributed by atoms with E-state index in [-0.39, 0.29) is 12.5 Å². The van der Waals surface area contributed by atoms with Crippen LogP contribution in [0, 0.1) is 18.8 Å². The summed E-state index contributed by atoms with van der Waals surface area (Å²) < 4.78 is 39.4. The molecular weight excluding hydrogens is 337 g/mol. The first-order valence-electron chi connectivity index (χ1n) is 8.10. The van der Waals surface area contributed by atoms with Crippen molar-refractivity contribution in [2.45, 2.75) is 25.6 Å². The SMILES string of the molecule is Cc1ccc(N2CCC(N3C[C@@H](C(F)(F)F)[C@H](C(=O)O)C3)C2=O)cc1. The fourth-order valence-electron chi connectivity index (χ4n) is 3.66. The molecule has 2 aliphatic heterocycles. The van der Waals surface area contributed by atoms with Crippen LogP contribution in [0.2, 0.25) is 0 Å². The smallest absolute Gasteiger partial charge is 0.393 e. The molecule has 2 fully saturated rings. The second-order valence-electron chi connectivity index (χ2n) is 6.68. The van der Waals surface area contributed by atoms with Crippen molar-refractivity contribution in [3.05, 3.63) is 29.8 Å². The third-order valence-electron chi connectivity index (χ3n) is 5.05. The average Bonchev–Trinajstić information content (AvgIpc) is 3.12. The van der Waals surface area contributed by atoms with E-state index in [9.17, 15) is 22.8 Å². The molecule has 0 bridgehead atoms. The van der Waals surface area contributed by atoms with Gasteiger partial charge in [0.05, 0.1) is 17.9 Å². The number of nitrogens with zero attached hydrogens (tertiary/aromatic N) is 2. The van der Waals surface area contributed by atoms with Crippen LogP contribution in [0.1, 0.15) is 12.0 Å². The summed E-state index contributed by atoms with van der Waals surface area (Å²) in [7, 11) is 0. The monoisotopic (exact) mass is 356 g/mol. The van der Waals surface area contributed by atoms with Gasteiger partial charge >= 0.3 is 12.1 Å². The van der Waals surface area contributed by atoms with Crippen LogP contribution in [0.3, 0.4) is 0 Å². The molecule has 1 N–H and O–H groups in total. The highest BCUT2D eigenvalue weighted by atomic mass is 19.4. The zero-order valence-electron chi connectivity index (χ0n) is 13.7. The summed E-state index contributed by atoms with van der Waals surface area (Å²) in [4.78, 5) is 26.8. The number of benzene rings is 1. The van der Waals surface area contributed by atoms with Gasteiger partial charge in [-0.3, -0.25) is 14.5 Å². The molecule has 2 aliphatic rings. The predicted molar refractivity (Wildman–Crippen MR) is 84.2 cm³/mol. The van der Waals surface area contributed by atoms with Gasteiger partial charge in [-0.05, 0) is 25.5 Å². The Labute approximate surface area is 143 Å². The number of carboxylic acid groups (broad SMARTS) is 1. The summed E-state index contributed by atoms with van der Waals surface area (Å²) in [5.74, 6) is -5.20. The molecule has 136 valence electrons. The first-order chi connectivity index (χ1) is 11.7. The lowest BCUT2D eigenvalue weighted by Gasteiger charge is -2.23. The largest absolute Gasteiger partial charge is 0.481 e. The summed E-state index contributed by atoms with van der Waals surface area (Å²) in [5, 5.41) is 9.11. The van der Waals surface area contributed by atoms with E-state index >= 15 is 0 Å². The minimum Gasteiger partial charge on any atom is -0.481 e. The zero-order chi connectivity index (χ0) is 18.4. The Bertz CT molecular complexity index is 675. The Kier molecular flexibility index (Phi) is 4.49. The van der Waals surface area contributed by atoms with Crippen molar-refractivity contribution in [3.63, 3.8) is 0 Å². The fraction of sp³-hybridized carbons (Fsp3) is 0.529. The molecule has 5 nitrogen and oxygen atoms in total. The highest BCUT2D eigenvalue weighted by Crippen LogP contribution is 2.39. The van der Waals surface area contributed by atoms with Crippen molar-refractivity contribution >= 4 is 17.6 Å². The molecular formula is C17H19F3N2O3. The predicted octanol–water partition coefficient (Wildman–Crippen LogP) is 2.30. The summed E-state index contributed by atoms with van der Waals surface area (Å²) in [6, 6.07) is 6.64. The van der Waals surface area contributed by atoms with Gasteiger partial charge < -0.3 is 10.0 Å². The van der Waals surface area contributed by atoms with E-state index in [4.69, 9.17) is 5.11 Å². The highest BCUT2D eigenvalue weighted by molar-refractivity contribution is 5.99. The second kappa shape index (κ2) is 6.33. The van der Waals surface area contributed by atoms with Crippen LogP contribution in [0.4, 0.5) is 18.9 Å². The topological polar surface area (TPSA) is 60.9 Å². The minimum absolute atomic E-state index is 0.252. The standard InChI is InChI=1S/C17H19F3N2O3/c1-10-2-4-11(5-3-10)22-7-6-14(15(22)23)21-8-12(16(24)25)13(9-21)17(18,19)20/h2-5,12-14H,6-9H2,1H3,(H,24,25)/t12-,13-,14?/m1/s1. The Morgan fingerprint density at radius 1 is 1.20 bits per heavy atom. The molecule has 1 unspecified atom stereocenters. The lowest BCUT2D eigenvalue weighted by molar-refractivity contribution is -0.188. The van der Waals surface area contributed by atoms with Crippen LogP contribution < -0.4 is 4.90 Å². The van der Waals surface area contributed by atoms with Crippen molar-refractivity contribution in [1.82, 2.24) is 4.90 Å². The molecule has 25 heavy (non-hydrogen) atoms. The third kappa shape index (κ3) is 3.35. The molecule has 0 saturated carbocycles. The van der Waals surface area contributed by atoms with E-state index in [1.807, 2.05) is 19.1 Å². The van der Waals surface area contributed by atoms with Crippen molar-refractivity contribution in [2.24, 2.45) is 11.8 Å². The van der Waals surface area contributed by atoms with E-state index in [0.29, 0.717) is 18.7 Å². The van der Waals surface area contributed by atoms with Crippen molar-refractivity contribution in [2.75, 3.05) is 24.5 Å². The molecule has 1 aromatic carbocycles. The van der Waals surface area contributed by atoms with Gasteiger partial charge in [-0.25, -0.2) is 0 Å². The Morgan fingerprint density at radius 3 is 2.36 bits per heavy atom. The number of carbonyl (C=O) groups excluding carboxylic acids is 1. The van der Waals surface area contributed by atoms with Crippen LogP contribution in [0.15, 0.2) is 24.3 Å². The first kappa shape index (κ1) is 17.7. The molecule has 2 saturated heterocycles. The molecule has 0 radical (unpaired) electrons. The lowest BCUT2D eigenvalue weighted by Crippen LogP contribution is -2.41. The van der Waals surface area contributed by atoms with Crippen molar-refractivity contribution in [1.29, 1.82) is 0 Å². The van der Waals surface area contributed by atoms with Crippen LogP contribution in [0.5, 0.6) is 0 Å². The van der Waals surface area contributed by atoms with Crippen LogP contribution in [-0.2, 0) is 9.59 Å². The maximum atomic E-state index is 13.1. The second-order valence-corrected chi connectivity index (χ2v) is 6.68. The number of anilines is 1. The summed E-state index contributed by atoms with van der Waals surface area (Å²) in [5.41, 5.74) is 1.75. The molecule has 0 spiro atoms. The zero-order valence-corrected chi connectivity index (χ0v) is 13.7. The molecule has 3 atom stereocenters. The number of aliphatic carboxylic acids is 1. The van der Waals surface area contributed by atoms with E-state index < -0.39 is 36.6 Å². The number of aryl methyl sites for hydroxylation is 1. The number of alkyl halides is 3. The Balaban J connectivity index is 1.76. The number of carbonyl (C=O) groups is 2. The van der Waals surface area contributed by atoms with Gasteiger partial charge in [-0.15, -0.1) is 0 Å². The van der Waals surface area contributed by atoms with Crippen LogP contribution in [-0.4, -0.2) is 53.7 Å². The normalized spacial score (nSPS) is 27.9. The number of carboxylic acids is 1. The van der Waals surface area contributed by atoms with Gasteiger partial charge in [0.15, 0.2) is 0 Å². The van der Waals surface area contributed by atoms with E-state index in [0.717, 1.165) is 5.56 Å². The fourth-order valence-corrected chi connectivity index (χ4v) is 3.66. The van der Waals surface area contributed by atoms with Gasteiger partial charge in [0, 0.05) is 25.3 Å². The number of likely N-dealkylation sites (tertiary alicyclic amines) is 1. The van der Waals surface area contributed by atoms with Gasteiger partial charge in [-0.2, -0.15) is 13.2 Å². The number of amides is 1. The highest BCUT2D eigenvalue weighted by Gasteiger charge is 2.55. The van der Waals surface area contributed by atoms with Crippen molar-refractivity contribution < 1.29 is 27.9 Å². The summed E-state index contributed by atoms with van der Waals surface area (Å²) in [6.45, 7) is 1.64. The van der Waals surface area contributed by atoms with E-state index in [2.05, 4.69) is 0 Å². The number of rotatable bonds is 3. The maximum Gasteiger partial charge on any atom is 0.393 e. The quantitative estimate of drug-likeness (QED) is 0.903. The molecule has 1 amide bonds. The van der Waals surface area contributed by atoms with Crippen LogP contribution >= 0.6 is 0 Å². The molecule has 0 aliphatic carbocycles. The Hall–Kier alpha value is -2.09. The van der Waals surface area contributed by atoms with Crippen LogP contribution in [0.25, 0.3) is 0 Å². The van der Waals surface area contributed by atoms with Gasteiger partial charge in [0.25, 0.3) is 0 Å². The average molecular weight is 356 g/mol. The molecule has 0 aromatic heterocycles. The van der Waals surface area contributed by atoms with E-state index in [1.165, 1.54) is 4.90 Å². The maximum absolute atomic E-state index is 13.1. The molecule has 3 rings (SSSR count). The summed E-state index contributed by atoms with van der Waals surface area (Å²) in [6.07, 6.45) is -4.19. The van der Waals surface area contributed by atoms with Crippen molar-refractivity contribution in [3.8, 4) is 0 Å². The number of hydrogen-bond donors (Lipinski definition) is 1.